The number of hydrazone groups is 1. The second-order valence-electron chi connectivity index (χ2n) is 5.19. The van der Waals surface area contributed by atoms with Crippen LogP contribution in [-0.2, 0) is 9.59 Å². The highest BCUT2D eigenvalue weighted by molar-refractivity contribution is 6.53. The maximum absolute atomic E-state index is 13.1. The molecule has 1 heterocycles. The van der Waals surface area contributed by atoms with Gasteiger partial charge in [-0.25, -0.2) is 9.82 Å². The predicted molar refractivity (Wildman–Crippen MR) is 88.5 cm³/mol. The van der Waals surface area contributed by atoms with Gasteiger partial charge in [0.15, 0.2) is 5.71 Å². The average molecular weight is 340 g/mol. The van der Waals surface area contributed by atoms with Gasteiger partial charge in [-0.2, -0.15) is 5.10 Å². The number of nitrogens with one attached hydrogen (secondary N) is 3. The molecule has 0 unspecified atom stereocenters. The molecule has 3 amide bonds. The van der Waals surface area contributed by atoms with E-state index in [1.54, 1.807) is 24.3 Å². The Morgan fingerprint density at radius 1 is 1.12 bits per heavy atom. The van der Waals surface area contributed by atoms with E-state index in [0.29, 0.717) is 11.3 Å². The summed E-state index contributed by atoms with van der Waals surface area (Å²) in [6.07, 6.45) is 0. The van der Waals surface area contributed by atoms with Crippen LogP contribution in [0.15, 0.2) is 53.6 Å². The number of benzene rings is 2. The van der Waals surface area contributed by atoms with Crippen LogP contribution in [0.1, 0.15) is 15.9 Å². The van der Waals surface area contributed by atoms with Crippen molar-refractivity contribution in [2.75, 3.05) is 11.9 Å². The number of rotatable bonds is 4. The lowest BCUT2D eigenvalue weighted by Gasteiger charge is -2.05. The fourth-order valence-corrected chi connectivity index (χ4v) is 2.26. The Hall–Kier alpha value is -3.55. The fourth-order valence-electron chi connectivity index (χ4n) is 2.26. The van der Waals surface area contributed by atoms with Crippen molar-refractivity contribution in [3.63, 3.8) is 0 Å². The van der Waals surface area contributed by atoms with Crippen molar-refractivity contribution in [3.8, 4) is 0 Å². The van der Waals surface area contributed by atoms with E-state index < -0.39 is 23.5 Å². The van der Waals surface area contributed by atoms with E-state index in [2.05, 4.69) is 21.2 Å². The molecule has 1 aliphatic heterocycles. The van der Waals surface area contributed by atoms with Crippen LogP contribution in [0.4, 0.5) is 10.1 Å². The van der Waals surface area contributed by atoms with Crippen LogP contribution in [0.5, 0.6) is 0 Å². The molecule has 3 N–H and O–H groups in total. The lowest BCUT2D eigenvalue weighted by Crippen LogP contribution is -2.35. The molecule has 0 saturated carbocycles. The highest BCUT2D eigenvalue weighted by atomic mass is 19.1. The molecule has 1 aliphatic rings. The fraction of sp³-hybridized carbons (Fsp3) is 0.0588. The molecule has 2 aromatic carbocycles. The van der Waals surface area contributed by atoms with Crippen molar-refractivity contribution >= 4 is 29.1 Å². The van der Waals surface area contributed by atoms with Gasteiger partial charge in [-0.05, 0) is 24.3 Å². The summed E-state index contributed by atoms with van der Waals surface area (Å²) in [4.78, 5) is 35.4. The second kappa shape index (κ2) is 6.91. The van der Waals surface area contributed by atoms with Gasteiger partial charge in [0.1, 0.15) is 5.82 Å². The number of hydrogen-bond acceptors (Lipinski definition) is 4. The molecule has 0 fully saturated rings. The van der Waals surface area contributed by atoms with Crippen molar-refractivity contribution in [2.45, 2.75) is 0 Å². The third-order valence-corrected chi connectivity index (χ3v) is 3.43. The van der Waals surface area contributed by atoms with E-state index in [-0.39, 0.29) is 17.8 Å². The normalized spacial score (nSPS) is 14.0. The molecular formula is C17H13FN4O3. The third-order valence-electron chi connectivity index (χ3n) is 3.43. The molecule has 7 nitrogen and oxygen atoms in total. The minimum absolute atomic E-state index is 0.0837. The zero-order chi connectivity index (χ0) is 17.8. The number of carbonyl (C=O) groups is 3. The number of halogens is 1. The first-order valence-corrected chi connectivity index (χ1v) is 7.35. The number of carbonyl (C=O) groups excluding carboxylic acids is 3. The number of para-hydroxylation sites is 1. The summed E-state index contributed by atoms with van der Waals surface area (Å²) in [5, 5.41) is 8.77. The van der Waals surface area contributed by atoms with Gasteiger partial charge >= 0.3 is 0 Å². The van der Waals surface area contributed by atoms with Crippen molar-refractivity contribution in [2.24, 2.45) is 5.10 Å². The Morgan fingerprint density at radius 2 is 1.92 bits per heavy atom. The van der Waals surface area contributed by atoms with Crippen LogP contribution in [0, 0.1) is 5.82 Å². The first kappa shape index (κ1) is 16.3. The minimum atomic E-state index is -0.616. The van der Waals surface area contributed by atoms with Crippen LogP contribution in [0.2, 0.25) is 0 Å². The molecule has 0 atom stereocenters. The van der Waals surface area contributed by atoms with Crippen molar-refractivity contribution in [1.29, 1.82) is 0 Å². The minimum Gasteiger partial charge on any atom is -0.343 e. The zero-order valence-corrected chi connectivity index (χ0v) is 12.9. The van der Waals surface area contributed by atoms with E-state index in [0.717, 1.165) is 6.07 Å². The lowest BCUT2D eigenvalue weighted by molar-refractivity contribution is -0.120. The van der Waals surface area contributed by atoms with Crippen molar-refractivity contribution in [3.05, 3.63) is 65.5 Å². The molecule has 3 rings (SSSR count). The highest BCUT2D eigenvalue weighted by Gasteiger charge is 2.25. The SMILES string of the molecule is O=C(CNC(=O)c1cccc(F)c1)N/N=C1\C(=O)Nc2ccccc21. The smallest absolute Gasteiger partial charge is 0.276 e. The number of nitrogens with zero attached hydrogens (tertiary/aromatic N) is 1. The summed E-state index contributed by atoms with van der Waals surface area (Å²) < 4.78 is 13.1. The molecular weight excluding hydrogens is 327 g/mol. The monoisotopic (exact) mass is 340 g/mol. The Bertz CT molecular complexity index is 895. The molecule has 126 valence electrons. The highest BCUT2D eigenvalue weighted by Crippen LogP contribution is 2.22. The van der Waals surface area contributed by atoms with E-state index >= 15 is 0 Å². The molecule has 0 aromatic heterocycles. The van der Waals surface area contributed by atoms with Crippen LogP contribution >= 0.6 is 0 Å². The standard InChI is InChI=1S/C17H13FN4O3/c18-11-5-3-4-10(8-11)16(24)19-9-14(23)21-22-15-12-6-1-2-7-13(12)20-17(15)25/h1-8H,9H2,(H,19,24)(H,21,23)(H,20,22,25). The van der Waals surface area contributed by atoms with Gasteiger partial charge in [-0.15, -0.1) is 0 Å². The molecule has 0 saturated heterocycles. The third kappa shape index (κ3) is 3.69. The summed E-state index contributed by atoms with van der Waals surface area (Å²) >= 11 is 0. The quantitative estimate of drug-likeness (QED) is 0.725. The van der Waals surface area contributed by atoms with Gasteiger partial charge in [-0.1, -0.05) is 24.3 Å². The van der Waals surface area contributed by atoms with Crippen LogP contribution in [0.25, 0.3) is 0 Å². The first-order chi connectivity index (χ1) is 12.0. The maximum Gasteiger partial charge on any atom is 0.276 e. The maximum atomic E-state index is 13.1. The molecule has 0 spiro atoms. The molecule has 2 aromatic rings. The van der Waals surface area contributed by atoms with Crippen molar-refractivity contribution in [1.82, 2.24) is 10.7 Å². The van der Waals surface area contributed by atoms with Gasteiger partial charge < -0.3 is 10.6 Å². The number of anilines is 1. The number of hydrogen-bond donors (Lipinski definition) is 3. The summed E-state index contributed by atoms with van der Waals surface area (Å²) in [6, 6.07) is 12.0. The Kier molecular flexibility index (Phi) is 4.51. The Morgan fingerprint density at radius 3 is 2.72 bits per heavy atom. The van der Waals surface area contributed by atoms with Gasteiger partial charge in [0.05, 0.1) is 12.2 Å². The molecule has 0 radical (unpaired) electrons. The summed E-state index contributed by atoms with van der Waals surface area (Å²) in [5.41, 5.74) is 3.59. The predicted octanol–water partition coefficient (Wildman–Crippen LogP) is 1.03. The molecule has 8 heteroatoms. The van der Waals surface area contributed by atoms with Gasteiger partial charge in [0.2, 0.25) is 0 Å². The van der Waals surface area contributed by atoms with Crippen LogP contribution < -0.4 is 16.1 Å². The van der Waals surface area contributed by atoms with Gasteiger partial charge in [-0.3, -0.25) is 14.4 Å². The average Bonchev–Trinajstić information content (AvgIpc) is 2.93. The topological polar surface area (TPSA) is 99.7 Å². The summed E-state index contributed by atoms with van der Waals surface area (Å²) in [7, 11) is 0. The van der Waals surface area contributed by atoms with E-state index in [9.17, 15) is 18.8 Å². The van der Waals surface area contributed by atoms with E-state index in [1.165, 1.54) is 18.2 Å². The van der Waals surface area contributed by atoms with Gasteiger partial charge in [0, 0.05) is 11.1 Å². The second-order valence-corrected chi connectivity index (χ2v) is 5.19. The zero-order valence-electron chi connectivity index (χ0n) is 12.9. The summed E-state index contributed by atoms with van der Waals surface area (Å²) in [5.74, 6) is -2.18. The number of fused-ring (bicyclic) bond motifs is 1. The molecule has 25 heavy (non-hydrogen) atoms. The van der Waals surface area contributed by atoms with Crippen molar-refractivity contribution < 1.29 is 18.8 Å². The number of amides is 3. The van der Waals surface area contributed by atoms with E-state index in [4.69, 9.17) is 0 Å². The van der Waals surface area contributed by atoms with Crippen LogP contribution in [0.3, 0.4) is 0 Å². The molecule has 0 aliphatic carbocycles. The largest absolute Gasteiger partial charge is 0.343 e. The Labute approximate surface area is 141 Å². The van der Waals surface area contributed by atoms with Gasteiger partial charge in [0.25, 0.3) is 17.7 Å². The summed E-state index contributed by atoms with van der Waals surface area (Å²) in [6.45, 7) is -0.366. The molecule has 0 bridgehead atoms. The lowest BCUT2D eigenvalue weighted by atomic mass is 10.1. The Balaban J connectivity index is 1.58. The first-order valence-electron chi connectivity index (χ1n) is 7.35. The van der Waals surface area contributed by atoms with Crippen LogP contribution in [-0.4, -0.2) is 30.0 Å². The van der Waals surface area contributed by atoms with E-state index in [1.807, 2.05) is 0 Å².